The largest absolute Gasteiger partial charge is 0.500 e. The summed E-state index contributed by atoms with van der Waals surface area (Å²) in [5, 5.41) is 0.421. The zero-order valence-corrected chi connectivity index (χ0v) is 60.2. The second-order valence-electron chi connectivity index (χ2n) is 22.4. The molecular formula is C62H124O14S3Si3. The standard InChI is InChI=1S/C62H124O14S3Si3/c1-12-22-26-30-34-41-56(63)67-51-60(16-5,53-75-82(71-20-9,72-21-10)50-40-48-79-59(66)44-37-33-29-25-15-4)52-73-81(11,49-39-47-78-58(65)43-36-32-28-24-14-3)74-55-61(17-6,54-68-57(64)42-35-31-27-23-13-2)62(69-18-7,45-38-46-77)76-80-70-19-8/h77H,12-55,80H2,1-11H3. The van der Waals surface area contributed by atoms with Crippen LogP contribution in [0.2, 0.25) is 18.6 Å². The fourth-order valence-corrected chi connectivity index (χ4v) is 18.1. The van der Waals surface area contributed by atoms with Gasteiger partial charge in [-0.3, -0.25) is 19.2 Å². The average molecular weight is 1270 g/mol. The highest BCUT2D eigenvalue weighted by molar-refractivity contribution is 8.13. The molecule has 0 rings (SSSR count). The molecule has 0 saturated heterocycles. The Bertz CT molecular complexity index is 1570. The second kappa shape index (κ2) is 52.6. The molecule has 82 heavy (non-hydrogen) atoms. The van der Waals surface area contributed by atoms with E-state index in [9.17, 15) is 19.2 Å². The van der Waals surface area contributed by atoms with Crippen molar-refractivity contribution in [1.29, 1.82) is 0 Å². The van der Waals surface area contributed by atoms with Crippen LogP contribution in [0.5, 0.6) is 0 Å². The molecule has 14 nitrogen and oxygen atoms in total. The van der Waals surface area contributed by atoms with Gasteiger partial charge < -0.3 is 45.2 Å². The van der Waals surface area contributed by atoms with Crippen molar-refractivity contribution in [2.75, 3.05) is 76.7 Å². The van der Waals surface area contributed by atoms with E-state index in [1.165, 1.54) is 42.8 Å². The molecule has 0 radical (unpaired) electrons. The SMILES string of the molecule is CCCCCCCC(=O)OCC(CC)(CO[Si](C)(CCCSC(=O)CCCCCCC)OCC(CC)(COC(=O)CCCCCCC)C(CCCS)(OCC)O[SiH2]OCC)CO[Si](CCCSC(=O)CCCCCCC)(OCC)OCC. The normalized spacial score (nSPS) is 15.1. The fraction of sp³-hybridized carbons (Fsp3) is 0.935. The number of carbonyl (C=O) groups excluding carboxylic acids is 4. The van der Waals surface area contributed by atoms with Crippen molar-refractivity contribution in [3.05, 3.63) is 0 Å². The van der Waals surface area contributed by atoms with E-state index in [-0.39, 0.29) is 55.2 Å². The van der Waals surface area contributed by atoms with Crippen LogP contribution in [-0.4, -0.2) is 132 Å². The molecule has 0 heterocycles. The van der Waals surface area contributed by atoms with Gasteiger partial charge in [0.15, 0.2) is 16.0 Å². The second-order valence-corrected chi connectivity index (χ2v) is 32.2. The molecule has 0 aromatic carbocycles. The molecule has 0 aromatic heterocycles. The Morgan fingerprint density at radius 2 is 0.927 bits per heavy atom. The number of unbranched alkanes of at least 4 members (excludes halogenated alkanes) is 16. The minimum Gasteiger partial charge on any atom is -0.465 e. The van der Waals surface area contributed by atoms with Crippen LogP contribution in [0.3, 0.4) is 0 Å². The van der Waals surface area contributed by atoms with Crippen molar-refractivity contribution in [2.24, 2.45) is 10.8 Å². The summed E-state index contributed by atoms with van der Waals surface area (Å²) in [6, 6.07) is 1.08. The minimum absolute atomic E-state index is 0.00585. The molecule has 0 bridgehead atoms. The Morgan fingerprint density at radius 3 is 1.38 bits per heavy atom. The van der Waals surface area contributed by atoms with Crippen LogP contribution in [0.15, 0.2) is 0 Å². The van der Waals surface area contributed by atoms with Crippen LogP contribution in [0.25, 0.3) is 0 Å². The third-order valence-electron chi connectivity index (χ3n) is 15.4. The smallest absolute Gasteiger partial charge is 0.465 e. The van der Waals surface area contributed by atoms with E-state index in [1.807, 2.05) is 27.7 Å². The molecule has 4 unspecified atom stereocenters. The van der Waals surface area contributed by atoms with Gasteiger partial charge in [0.25, 0.3) is 0 Å². The highest BCUT2D eigenvalue weighted by Gasteiger charge is 2.55. The number of rotatable bonds is 61. The van der Waals surface area contributed by atoms with Crippen LogP contribution in [0.1, 0.15) is 262 Å². The van der Waals surface area contributed by atoms with Crippen molar-refractivity contribution >= 4 is 85.7 Å². The Balaban J connectivity index is 7.48. The first-order valence-corrected chi connectivity index (χ1v) is 41.1. The first-order valence-electron chi connectivity index (χ1n) is 32.9. The number of carbonyl (C=O) groups is 4. The van der Waals surface area contributed by atoms with Crippen molar-refractivity contribution in [2.45, 2.75) is 286 Å². The van der Waals surface area contributed by atoms with Crippen LogP contribution in [-0.2, 0) is 64.4 Å². The lowest BCUT2D eigenvalue weighted by atomic mass is 9.75. The predicted octanol–water partition coefficient (Wildman–Crippen LogP) is 16.2. The lowest BCUT2D eigenvalue weighted by molar-refractivity contribution is -0.282. The lowest BCUT2D eigenvalue weighted by Crippen LogP contribution is -2.60. The van der Waals surface area contributed by atoms with Gasteiger partial charge in [0, 0.05) is 94.7 Å². The number of thiol groups is 1. The summed E-state index contributed by atoms with van der Waals surface area (Å²) in [6.45, 7) is 24.8. The Morgan fingerprint density at radius 1 is 0.463 bits per heavy atom. The number of thioether (sulfide) groups is 2. The number of hydrogen-bond acceptors (Lipinski definition) is 17. The Kier molecular flexibility index (Phi) is 52.4. The fourth-order valence-electron chi connectivity index (χ4n) is 9.80. The first kappa shape index (κ1) is 81.7. The zero-order valence-electron chi connectivity index (χ0n) is 54.3. The molecule has 0 amide bonds. The third-order valence-corrected chi connectivity index (χ3v) is 24.7. The molecule has 0 aliphatic rings. The molecule has 486 valence electrons. The Hall–Kier alpha value is -0.339. The van der Waals surface area contributed by atoms with Crippen LogP contribution < -0.4 is 0 Å². The summed E-state index contributed by atoms with van der Waals surface area (Å²) in [5.41, 5.74) is -1.82. The van der Waals surface area contributed by atoms with Crippen LogP contribution in [0.4, 0.5) is 0 Å². The van der Waals surface area contributed by atoms with Gasteiger partial charge in [0.05, 0.1) is 12.0 Å². The first-order chi connectivity index (χ1) is 39.6. The maximum Gasteiger partial charge on any atom is 0.500 e. The molecular weight excluding hydrogens is 1150 g/mol. The number of hydrogen-bond donors (Lipinski definition) is 1. The van der Waals surface area contributed by atoms with Gasteiger partial charge >= 0.3 is 39.3 Å². The molecule has 4 atom stereocenters. The van der Waals surface area contributed by atoms with E-state index in [4.69, 9.17) is 45.2 Å². The highest BCUT2D eigenvalue weighted by Crippen LogP contribution is 2.45. The van der Waals surface area contributed by atoms with E-state index < -0.39 is 44.0 Å². The van der Waals surface area contributed by atoms with E-state index >= 15 is 0 Å². The summed E-state index contributed by atoms with van der Waals surface area (Å²) in [6.07, 6.45) is 26.4. The van der Waals surface area contributed by atoms with E-state index in [0.29, 0.717) is 120 Å². The van der Waals surface area contributed by atoms with Gasteiger partial charge in [-0.2, -0.15) is 12.6 Å². The van der Waals surface area contributed by atoms with Crippen molar-refractivity contribution in [3.63, 3.8) is 0 Å². The van der Waals surface area contributed by atoms with E-state index in [1.54, 1.807) is 0 Å². The van der Waals surface area contributed by atoms with Gasteiger partial charge in [-0.05, 0) is 104 Å². The summed E-state index contributed by atoms with van der Waals surface area (Å²) >= 11 is 7.42. The molecule has 0 aliphatic carbocycles. The number of esters is 2. The van der Waals surface area contributed by atoms with Gasteiger partial charge in [-0.25, -0.2) is 0 Å². The van der Waals surface area contributed by atoms with Gasteiger partial charge in [0.2, 0.25) is 0 Å². The summed E-state index contributed by atoms with van der Waals surface area (Å²) in [4.78, 5) is 53.4. The monoisotopic (exact) mass is 1270 g/mol. The molecule has 0 aliphatic heterocycles. The number of ether oxygens (including phenoxy) is 3. The average Bonchev–Trinajstić information content (AvgIpc) is 3.59. The van der Waals surface area contributed by atoms with Crippen molar-refractivity contribution in [1.82, 2.24) is 0 Å². The quantitative estimate of drug-likeness (QED) is 0.0201. The van der Waals surface area contributed by atoms with Gasteiger partial charge in [0.1, 0.15) is 13.2 Å². The molecule has 0 fully saturated rings. The van der Waals surface area contributed by atoms with Crippen LogP contribution >= 0.6 is 36.2 Å². The zero-order chi connectivity index (χ0) is 61.1. The molecule has 0 spiro atoms. The summed E-state index contributed by atoms with van der Waals surface area (Å²) < 4.78 is 67.0. The van der Waals surface area contributed by atoms with Crippen molar-refractivity contribution in [3.8, 4) is 0 Å². The van der Waals surface area contributed by atoms with E-state index in [2.05, 4.69) is 60.7 Å². The van der Waals surface area contributed by atoms with E-state index in [0.717, 1.165) is 109 Å². The maximum atomic E-state index is 13.7. The topological polar surface area (TPSA) is 161 Å². The predicted molar refractivity (Wildman–Crippen MR) is 352 cm³/mol. The lowest BCUT2D eigenvalue weighted by Gasteiger charge is -2.50. The molecule has 0 N–H and O–H groups in total. The molecule has 20 heteroatoms. The molecule has 0 saturated carbocycles. The van der Waals surface area contributed by atoms with Crippen LogP contribution in [0, 0.1) is 10.8 Å². The molecule has 0 aromatic rings. The third kappa shape index (κ3) is 37.5. The highest BCUT2D eigenvalue weighted by atomic mass is 32.2. The summed E-state index contributed by atoms with van der Waals surface area (Å²) in [7, 11) is -8.22. The van der Waals surface area contributed by atoms with Crippen molar-refractivity contribution < 1.29 is 64.4 Å². The van der Waals surface area contributed by atoms with Gasteiger partial charge in [-0.1, -0.05) is 168 Å². The van der Waals surface area contributed by atoms with Gasteiger partial charge in [-0.15, -0.1) is 0 Å². The summed E-state index contributed by atoms with van der Waals surface area (Å²) in [5.74, 6) is 0.107. The minimum atomic E-state index is -3.34. The maximum absolute atomic E-state index is 13.7. The Labute approximate surface area is 520 Å².